The van der Waals surface area contributed by atoms with E-state index in [0.717, 1.165) is 5.56 Å². The van der Waals surface area contributed by atoms with Crippen molar-refractivity contribution in [1.82, 2.24) is 4.90 Å². The van der Waals surface area contributed by atoms with Crippen LogP contribution in [0.15, 0.2) is 42.5 Å². The summed E-state index contributed by atoms with van der Waals surface area (Å²) in [5.74, 6) is -0.0681. The third kappa shape index (κ3) is 5.35. The summed E-state index contributed by atoms with van der Waals surface area (Å²) in [6, 6.07) is 11.3. The minimum atomic E-state index is -2.88. The molecular formula is C17H15Cl2F2NO2. The average molecular weight is 374 g/mol. The number of hydrogen-bond donors (Lipinski definition) is 0. The Morgan fingerprint density at radius 2 is 1.88 bits per heavy atom. The van der Waals surface area contributed by atoms with E-state index in [4.69, 9.17) is 23.2 Å². The maximum atomic E-state index is 12.3. The summed E-state index contributed by atoms with van der Waals surface area (Å²) in [6.07, 6.45) is 0.167. The van der Waals surface area contributed by atoms with E-state index in [9.17, 15) is 13.6 Å². The van der Waals surface area contributed by atoms with Crippen molar-refractivity contribution in [2.45, 2.75) is 19.6 Å². The van der Waals surface area contributed by atoms with Crippen LogP contribution in [0, 0.1) is 0 Å². The molecule has 2 aromatic rings. The van der Waals surface area contributed by atoms with Gasteiger partial charge in [0.1, 0.15) is 5.75 Å². The summed E-state index contributed by atoms with van der Waals surface area (Å²) >= 11 is 11.8. The number of rotatable bonds is 6. The molecule has 0 saturated heterocycles. The van der Waals surface area contributed by atoms with Gasteiger partial charge in [0.05, 0.1) is 16.5 Å². The number of alkyl halides is 2. The van der Waals surface area contributed by atoms with E-state index in [2.05, 4.69) is 4.74 Å². The van der Waals surface area contributed by atoms with Crippen LogP contribution in [0.3, 0.4) is 0 Å². The number of nitrogens with zero attached hydrogens (tertiary/aromatic N) is 1. The van der Waals surface area contributed by atoms with Crippen LogP contribution in [0.1, 0.15) is 11.1 Å². The van der Waals surface area contributed by atoms with Gasteiger partial charge in [0.25, 0.3) is 0 Å². The van der Waals surface area contributed by atoms with Crippen molar-refractivity contribution in [3.63, 3.8) is 0 Å². The van der Waals surface area contributed by atoms with Crippen LogP contribution in [-0.4, -0.2) is 24.5 Å². The molecule has 3 nitrogen and oxygen atoms in total. The van der Waals surface area contributed by atoms with Crippen LogP contribution in [0.2, 0.25) is 10.0 Å². The van der Waals surface area contributed by atoms with Crippen molar-refractivity contribution in [2.24, 2.45) is 0 Å². The van der Waals surface area contributed by atoms with E-state index in [-0.39, 0.29) is 24.6 Å². The number of likely N-dealkylation sites (N-methyl/N-ethyl adjacent to an activating group) is 1. The lowest BCUT2D eigenvalue weighted by molar-refractivity contribution is -0.129. The third-order valence-corrected chi connectivity index (χ3v) is 4.05. The van der Waals surface area contributed by atoms with Crippen molar-refractivity contribution in [3.05, 3.63) is 63.6 Å². The van der Waals surface area contributed by atoms with Crippen molar-refractivity contribution in [2.75, 3.05) is 7.05 Å². The zero-order valence-corrected chi connectivity index (χ0v) is 14.3. The second-order valence-electron chi connectivity index (χ2n) is 5.20. The Balaban J connectivity index is 1.99. The molecule has 0 bridgehead atoms. The summed E-state index contributed by atoms with van der Waals surface area (Å²) in [5, 5.41) is 0.818. The van der Waals surface area contributed by atoms with Crippen LogP contribution >= 0.6 is 23.2 Å². The molecule has 24 heavy (non-hydrogen) atoms. The molecule has 0 spiro atoms. The molecule has 128 valence electrons. The van der Waals surface area contributed by atoms with Gasteiger partial charge in [-0.25, -0.2) is 0 Å². The highest BCUT2D eigenvalue weighted by Gasteiger charge is 2.12. The number of ether oxygens (including phenoxy) is 1. The second kappa shape index (κ2) is 8.31. The molecule has 0 atom stereocenters. The van der Waals surface area contributed by atoms with Crippen LogP contribution < -0.4 is 4.74 Å². The van der Waals surface area contributed by atoms with Gasteiger partial charge in [-0.2, -0.15) is 8.78 Å². The first-order valence-electron chi connectivity index (χ1n) is 7.07. The van der Waals surface area contributed by atoms with Crippen LogP contribution in [0.5, 0.6) is 5.75 Å². The molecular weight excluding hydrogens is 359 g/mol. The highest BCUT2D eigenvalue weighted by atomic mass is 35.5. The van der Waals surface area contributed by atoms with Crippen molar-refractivity contribution < 1.29 is 18.3 Å². The van der Waals surface area contributed by atoms with Gasteiger partial charge in [0.15, 0.2) is 0 Å². The van der Waals surface area contributed by atoms with Gasteiger partial charge in [-0.05, 0) is 35.4 Å². The number of carbonyl (C=O) groups is 1. The highest BCUT2D eigenvalue weighted by molar-refractivity contribution is 6.42. The molecule has 0 N–H and O–H groups in total. The zero-order chi connectivity index (χ0) is 17.7. The topological polar surface area (TPSA) is 29.5 Å². The third-order valence-electron chi connectivity index (χ3n) is 3.31. The Morgan fingerprint density at radius 3 is 2.54 bits per heavy atom. The van der Waals surface area contributed by atoms with Gasteiger partial charge in [0, 0.05) is 13.6 Å². The van der Waals surface area contributed by atoms with Crippen LogP contribution in [0.4, 0.5) is 8.78 Å². The van der Waals surface area contributed by atoms with E-state index >= 15 is 0 Å². The first kappa shape index (κ1) is 18.5. The molecule has 0 fully saturated rings. The van der Waals surface area contributed by atoms with Crippen LogP contribution in [-0.2, 0) is 17.8 Å². The minimum Gasteiger partial charge on any atom is -0.435 e. The zero-order valence-electron chi connectivity index (χ0n) is 12.8. The smallest absolute Gasteiger partial charge is 0.387 e. The van der Waals surface area contributed by atoms with Gasteiger partial charge >= 0.3 is 6.61 Å². The number of halogens is 4. The SMILES string of the molecule is CN(Cc1cccc(OC(F)F)c1)C(=O)Cc1ccc(Cl)c(Cl)c1. The van der Waals surface area contributed by atoms with E-state index in [0.29, 0.717) is 15.6 Å². The summed E-state index contributed by atoms with van der Waals surface area (Å²) in [6.45, 7) is -2.60. The predicted octanol–water partition coefficient (Wildman–Crippen LogP) is 4.80. The lowest BCUT2D eigenvalue weighted by Crippen LogP contribution is -2.27. The number of amides is 1. The minimum absolute atomic E-state index is 0.0628. The molecule has 0 aliphatic heterocycles. The van der Waals surface area contributed by atoms with Gasteiger partial charge in [-0.1, -0.05) is 41.4 Å². The summed E-state index contributed by atoms with van der Waals surface area (Å²) in [4.78, 5) is 13.8. The van der Waals surface area contributed by atoms with Crippen molar-refractivity contribution >= 4 is 29.1 Å². The lowest BCUT2D eigenvalue weighted by atomic mass is 10.1. The standard InChI is InChI=1S/C17H15Cl2F2NO2/c1-22(10-12-3-2-4-13(7-12)24-17(20)21)16(23)9-11-5-6-14(18)15(19)8-11/h2-8,17H,9-10H2,1H3. The molecule has 0 aliphatic rings. The number of benzene rings is 2. The Hall–Kier alpha value is -1.85. The molecule has 7 heteroatoms. The van der Waals surface area contributed by atoms with Crippen molar-refractivity contribution in [1.29, 1.82) is 0 Å². The molecule has 0 aliphatic carbocycles. The summed E-state index contributed by atoms with van der Waals surface area (Å²) < 4.78 is 28.8. The maximum Gasteiger partial charge on any atom is 0.387 e. The van der Waals surface area contributed by atoms with Gasteiger partial charge in [-0.3, -0.25) is 4.79 Å². The molecule has 2 aromatic carbocycles. The Kier molecular flexibility index (Phi) is 6.40. The monoisotopic (exact) mass is 373 g/mol. The van der Waals surface area contributed by atoms with Crippen LogP contribution in [0.25, 0.3) is 0 Å². The quantitative estimate of drug-likeness (QED) is 0.727. The van der Waals surface area contributed by atoms with Gasteiger partial charge in [0.2, 0.25) is 5.91 Å². The largest absolute Gasteiger partial charge is 0.435 e. The van der Waals surface area contributed by atoms with E-state index in [1.165, 1.54) is 17.0 Å². The Bertz CT molecular complexity index is 725. The summed E-state index contributed by atoms with van der Waals surface area (Å²) in [7, 11) is 1.64. The Morgan fingerprint density at radius 1 is 1.12 bits per heavy atom. The van der Waals surface area contributed by atoms with E-state index < -0.39 is 6.61 Å². The number of hydrogen-bond acceptors (Lipinski definition) is 2. The Labute approximate surface area is 148 Å². The normalized spacial score (nSPS) is 10.8. The lowest BCUT2D eigenvalue weighted by Gasteiger charge is -2.18. The number of carbonyl (C=O) groups excluding carboxylic acids is 1. The maximum absolute atomic E-state index is 12.3. The average Bonchev–Trinajstić information content (AvgIpc) is 2.50. The second-order valence-corrected chi connectivity index (χ2v) is 6.02. The fourth-order valence-electron chi connectivity index (χ4n) is 2.14. The molecule has 0 unspecified atom stereocenters. The fourth-order valence-corrected chi connectivity index (χ4v) is 2.46. The van der Waals surface area contributed by atoms with E-state index in [1.807, 2.05) is 0 Å². The van der Waals surface area contributed by atoms with Gasteiger partial charge < -0.3 is 9.64 Å². The molecule has 0 saturated carbocycles. The highest BCUT2D eigenvalue weighted by Crippen LogP contribution is 2.23. The molecule has 0 heterocycles. The molecule has 0 aromatic heterocycles. The molecule has 2 rings (SSSR count). The molecule has 1 amide bonds. The first-order valence-corrected chi connectivity index (χ1v) is 7.82. The van der Waals surface area contributed by atoms with Crippen molar-refractivity contribution in [3.8, 4) is 5.75 Å². The first-order chi connectivity index (χ1) is 11.3. The predicted molar refractivity (Wildman–Crippen MR) is 89.7 cm³/mol. The summed E-state index contributed by atoms with van der Waals surface area (Å²) in [5.41, 5.74) is 1.44. The molecule has 0 radical (unpaired) electrons. The van der Waals surface area contributed by atoms with E-state index in [1.54, 1.807) is 37.4 Å². The fraction of sp³-hybridized carbons (Fsp3) is 0.235. The van der Waals surface area contributed by atoms with Gasteiger partial charge in [-0.15, -0.1) is 0 Å².